The van der Waals surface area contributed by atoms with Gasteiger partial charge in [0.05, 0.1) is 15.5 Å². The molecule has 16 heavy (non-hydrogen) atoms. The maximum atomic E-state index is 2.71. The van der Waals surface area contributed by atoms with E-state index in [1.807, 2.05) is 0 Å². The normalized spacial score (nSPS) is 21.6. The Hall–Kier alpha value is 3.13. The molecular weight excluding hydrogens is 352 g/mol. The molecule has 10 heteroatoms. The Morgan fingerprint density at radius 1 is 0.688 bits per heavy atom. The summed E-state index contributed by atoms with van der Waals surface area (Å²) < 4.78 is 0. The molecule has 0 aliphatic rings. The molecule has 0 N–H and O–H groups in total. The van der Waals surface area contributed by atoms with Gasteiger partial charge in [-0.1, -0.05) is 39.3 Å². The van der Waals surface area contributed by atoms with Crippen molar-refractivity contribution >= 4 is 61.4 Å². The van der Waals surface area contributed by atoms with E-state index >= 15 is 0 Å². The van der Waals surface area contributed by atoms with Gasteiger partial charge in [-0.3, -0.25) is 0 Å². The fourth-order valence-electron chi connectivity index (χ4n) is 1.93. The second-order valence-electron chi connectivity index (χ2n) is 6.08. The van der Waals surface area contributed by atoms with Crippen LogP contribution in [0.4, 0.5) is 0 Å². The van der Waals surface area contributed by atoms with Crippen LogP contribution in [0.25, 0.3) is 0 Å². The Balaban J connectivity index is 0.000000963. The average Bonchev–Trinajstić information content (AvgIpc) is 2.48. The monoisotopic (exact) mass is 370 g/mol. The third-order valence-electron chi connectivity index (χ3n) is 2.49. The Labute approximate surface area is 119 Å². The Morgan fingerprint density at radius 3 is 1.25 bits per heavy atom. The first-order valence-electron chi connectivity index (χ1n) is 5.25. The zero-order chi connectivity index (χ0) is 11.2. The minimum Gasteiger partial charge on any atom is -0.177 e. The average molecular weight is 370 g/mol. The van der Waals surface area contributed by atoms with E-state index in [2.05, 4.69) is 46.8 Å². The number of hydrogen-bond donors (Lipinski definition) is 0. The third kappa shape index (κ3) is 2.19. The summed E-state index contributed by atoms with van der Waals surface area (Å²) >= 11 is 0. The van der Waals surface area contributed by atoms with Crippen LogP contribution >= 0.6 is 45.9 Å². The molecule has 0 aliphatic carbocycles. The molecule has 4 aromatic heterocycles. The molecule has 0 fully saturated rings. The molecule has 0 radical (unpaired) electrons. The van der Waals surface area contributed by atoms with E-state index in [-0.39, 0.29) is 18.9 Å². The summed E-state index contributed by atoms with van der Waals surface area (Å²) in [5, 5.41) is 0. The summed E-state index contributed by atoms with van der Waals surface area (Å²) in [6.07, 6.45) is 4.46. The fraction of sp³-hybridized carbons (Fsp3) is 1.00. The van der Waals surface area contributed by atoms with Gasteiger partial charge in [-0.2, -0.15) is 25.6 Å². The molecule has 86 valence electrons. The molecule has 4 atom stereocenters. The summed E-state index contributed by atoms with van der Waals surface area (Å²) in [6, 6.07) is 0. The Kier molecular flexibility index (Phi) is 4.43. The number of hydrogen-bond acceptors (Lipinski definition) is 0. The van der Waals surface area contributed by atoms with Gasteiger partial charge in [0.2, 0.25) is 0 Å². The van der Waals surface area contributed by atoms with Crippen molar-refractivity contribution in [1.29, 1.82) is 0 Å². The molecule has 0 aliphatic heterocycles. The summed E-state index contributed by atoms with van der Waals surface area (Å²) in [5.41, 5.74) is 0. The molecule has 0 saturated carbocycles. The van der Waals surface area contributed by atoms with Crippen molar-refractivity contribution in [3.63, 3.8) is 0 Å². The van der Waals surface area contributed by atoms with Gasteiger partial charge in [0.25, 0.3) is 0 Å². The molecule has 0 amide bonds. The standard InChI is InChI=1S/C6H18P7Si2.Li/c1-14(2,3)12-9-7-8-10(12)11(8)13(9)15(4,5)6;/h1-6H3;/q-1;+1. The van der Waals surface area contributed by atoms with Crippen LogP contribution in [0, 0.1) is 0 Å². The maximum Gasteiger partial charge on any atom is 1.00 e. The van der Waals surface area contributed by atoms with Crippen molar-refractivity contribution in [2.45, 2.75) is 39.3 Å². The van der Waals surface area contributed by atoms with Crippen LogP contribution in [-0.4, -0.2) is 15.5 Å². The van der Waals surface area contributed by atoms with Crippen molar-refractivity contribution in [3.8, 4) is 0 Å². The van der Waals surface area contributed by atoms with Gasteiger partial charge >= 0.3 is 18.9 Å². The second-order valence-corrected chi connectivity index (χ2v) is 68.1. The minimum absolute atomic E-state index is 0. The summed E-state index contributed by atoms with van der Waals surface area (Å²) in [6.45, 7) is 16.2. The first-order chi connectivity index (χ1) is 6.73. The van der Waals surface area contributed by atoms with Crippen LogP contribution in [0.15, 0.2) is 0 Å². The van der Waals surface area contributed by atoms with Crippen LogP contribution in [-0.2, 0) is 0 Å². The van der Waals surface area contributed by atoms with E-state index in [0.29, 0.717) is 19.2 Å². The molecule has 4 rings (SSSR count). The van der Waals surface area contributed by atoms with Crippen LogP contribution in [0.1, 0.15) is 0 Å². The minimum atomic E-state index is -0.701. The molecule has 4 heterocycles. The smallest absolute Gasteiger partial charge is 0.177 e. The molecule has 4 unspecified atom stereocenters. The molecular formula is C6H18LiP7Si2. The van der Waals surface area contributed by atoms with Crippen molar-refractivity contribution < 1.29 is 18.9 Å². The SMILES string of the molecule is C[Si](C)(C)p1p2[p-]p3p1p3p2[Si](C)(C)C.[Li+]. The van der Waals surface area contributed by atoms with Gasteiger partial charge in [-0.05, 0) is 0 Å². The van der Waals surface area contributed by atoms with Crippen LogP contribution in [0.2, 0.25) is 39.3 Å². The molecule has 0 aromatic carbocycles. The van der Waals surface area contributed by atoms with E-state index in [1.54, 1.807) is 0 Å². The van der Waals surface area contributed by atoms with Crippen LogP contribution < -0.4 is 18.9 Å². The van der Waals surface area contributed by atoms with Crippen molar-refractivity contribution in [1.82, 2.24) is 0 Å². The Morgan fingerprint density at radius 2 is 1.06 bits per heavy atom. The van der Waals surface area contributed by atoms with Gasteiger partial charge in [0.15, 0.2) is 0 Å². The van der Waals surface area contributed by atoms with Gasteiger partial charge in [-0.25, -0.2) is 0 Å². The predicted molar refractivity (Wildman–Crippen MR) is 95.1 cm³/mol. The van der Waals surface area contributed by atoms with Gasteiger partial charge in [0, 0.05) is 0 Å². The van der Waals surface area contributed by atoms with Crippen LogP contribution in [0.3, 0.4) is 0 Å². The van der Waals surface area contributed by atoms with E-state index in [4.69, 9.17) is 0 Å². The van der Waals surface area contributed by atoms with Gasteiger partial charge in [0.1, 0.15) is 0 Å². The van der Waals surface area contributed by atoms with E-state index < -0.39 is 15.5 Å². The van der Waals surface area contributed by atoms with E-state index in [0.717, 1.165) is 19.1 Å². The van der Waals surface area contributed by atoms with Gasteiger partial charge in [-0.15, -0.1) is 20.3 Å². The van der Waals surface area contributed by atoms with E-state index in [1.165, 1.54) is 0 Å². The largest absolute Gasteiger partial charge is 1.00 e. The molecule has 4 bridgehead atoms. The maximum absolute atomic E-state index is 2.71. The quantitative estimate of drug-likeness (QED) is 0.502. The molecule has 0 nitrogen and oxygen atoms in total. The van der Waals surface area contributed by atoms with Crippen LogP contribution in [0.5, 0.6) is 0 Å². The van der Waals surface area contributed by atoms with Gasteiger partial charge < -0.3 is 0 Å². The van der Waals surface area contributed by atoms with E-state index in [9.17, 15) is 0 Å². The summed E-state index contributed by atoms with van der Waals surface area (Å²) in [7, 11) is 0.737. The number of rotatable bonds is 2. The summed E-state index contributed by atoms with van der Waals surface area (Å²) in [4.78, 5) is 0. The third-order valence-corrected chi connectivity index (χ3v) is 132. The molecule has 4 aromatic rings. The fourth-order valence-corrected chi connectivity index (χ4v) is 294. The topological polar surface area (TPSA) is 0 Å². The van der Waals surface area contributed by atoms with Crippen molar-refractivity contribution in [3.05, 3.63) is 0 Å². The molecule has 0 saturated heterocycles. The van der Waals surface area contributed by atoms with Crippen molar-refractivity contribution in [2.24, 2.45) is 0 Å². The second kappa shape index (κ2) is 4.57. The predicted octanol–water partition coefficient (Wildman–Crippen LogP) is 5.77. The Bertz CT molecular complexity index is 560. The zero-order valence-corrected chi connectivity index (χ0v) is 19.4. The van der Waals surface area contributed by atoms with Crippen molar-refractivity contribution in [2.75, 3.05) is 0 Å². The zero-order valence-electron chi connectivity index (χ0n) is 11.1. The molecule has 0 spiro atoms. The summed E-state index contributed by atoms with van der Waals surface area (Å²) in [5.74, 6) is 0. The first-order valence-corrected chi connectivity index (χ1v) is 29.2. The first kappa shape index (κ1) is 15.5.